The van der Waals surface area contributed by atoms with Crippen LogP contribution >= 0.6 is 11.3 Å². The number of pyridine rings is 1. The van der Waals surface area contributed by atoms with Gasteiger partial charge in [0.05, 0.1) is 10.2 Å². The quantitative estimate of drug-likeness (QED) is 0.726. The monoisotopic (exact) mass is 191 g/mol. The highest BCUT2D eigenvalue weighted by molar-refractivity contribution is 7.17. The second kappa shape index (κ2) is 3.18. The van der Waals surface area contributed by atoms with E-state index in [1.807, 2.05) is 11.4 Å². The third-order valence-electron chi connectivity index (χ3n) is 1.93. The molecule has 2 rings (SSSR count). The van der Waals surface area contributed by atoms with E-state index in [0.29, 0.717) is 6.42 Å². The maximum absolute atomic E-state index is 11.7. The van der Waals surface area contributed by atoms with Gasteiger partial charge in [0, 0.05) is 11.8 Å². The van der Waals surface area contributed by atoms with Crippen LogP contribution in [-0.2, 0) is 6.42 Å². The maximum Gasteiger partial charge on any atom is 0.202 e. The summed E-state index contributed by atoms with van der Waals surface area (Å²) in [6.07, 6.45) is 4.13. The Kier molecular flexibility index (Phi) is 2.02. The van der Waals surface area contributed by atoms with Crippen LogP contribution in [-0.4, -0.2) is 4.98 Å². The molecule has 0 atom stereocenters. The van der Waals surface area contributed by atoms with E-state index >= 15 is 0 Å². The fourth-order valence-corrected chi connectivity index (χ4v) is 2.11. The van der Waals surface area contributed by atoms with E-state index < -0.39 is 0 Å². The van der Waals surface area contributed by atoms with Crippen LogP contribution in [0.15, 0.2) is 35.1 Å². The summed E-state index contributed by atoms with van der Waals surface area (Å²) in [5, 5.41) is 1.92. The number of aromatic amines is 1. The lowest BCUT2D eigenvalue weighted by molar-refractivity contribution is 1.21. The summed E-state index contributed by atoms with van der Waals surface area (Å²) in [6, 6.07) is 1.92. The molecule has 0 spiro atoms. The topological polar surface area (TPSA) is 32.9 Å². The molecule has 0 bridgehead atoms. The molecule has 0 saturated carbocycles. The predicted octanol–water partition coefficient (Wildman–Crippen LogP) is 2.32. The lowest BCUT2D eigenvalue weighted by Crippen LogP contribution is -2.07. The molecular formula is C10H9NOS. The third kappa shape index (κ3) is 1.31. The average Bonchev–Trinajstić information content (AvgIpc) is 2.58. The van der Waals surface area contributed by atoms with Crippen molar-refractivity contribution >= 4 is 21.6 Å². The van der Waals surface area contributed by atoms with Crippen LogP contribution in [0, 0.1) is 0 Å². The average molecular weight is 191 g/mol. The normalized spacial score (nSPS) is 10.5. The Labute approximate surface area is 79.5 Å². The molecule has 0 radical (unpaired) electrons. The van der Waals surface area contributed by atoms with Gasteiger partial charge in [0.2, 0.25) is 5.43 Å². The molecule has 2 aromatic rings. The lowest BCUT2D eigenvalue weighted by Gasteiger charge is -1.95. The zero-order valence-corrected chi connectivity index (χ0v) is 7.86. The maximum atomic E-state index is 11.7. The highest BCUT2D eigenvalue weighted by Gasteiger charge is 2.03. The highest BCUT2D eigenvalue weighted by atomic mass is 32.1. The zero-order valence-electron chi connectivity index (χ0n) is 7.04. The van der Waals surface area contributed by atoms with Crippen molar-refractivity contribution in [1.29, 1.82) is 0 Å². The van der Waals surface area contributed by atoms with Crippen molar-refractivity contribution in [2.45, 2.75) is 6.42 Å². The Morgan fingerprint density at radius 1 is 1.62 bits per heavy atom. The van der Waals surface area contributed by atoms with Gasteiger partial charge in [-0.05, 0) is 17.9 Å². The first-order valence-corrected chi connectivity index (χ1v) is 4.89. The molecule has 0 amide bonds. The van der Waals surface area contributed by atoms with E-state index in [4.69, 9.17) is 0 Å². The Balaban J connectivity index is 2.73. The van der Waals surface area contributed by atoms with E-state index in [1.165, 1.54) is 11.3 Å². The fraction of sp³-hybridized carbons (Fsp3) is 0.100. The molecule has 1 N–H and O–H groups in total. The Morgan fingerprint density at radius 3 is 3.23 bits per heavy atom. The number of rotatable bonds is 2. The molecule has 0 fully saturated rings. The van der Waals surface area contributed by atoms with Gasteiger partial charge in [-0.1, -0.05) is 6.08 Å². The number of nitrogens with one attached hydrogen (secondary N) is 1. The molecule has 2 heterocycles. The smallest absolute Gasteiger partial charge is 0.202 e. The van der Waals surface area contributed by atoms with Gasteiger partial charge in [0.1, 0.15) is 0 Å². The van der Waals surface area contributed by atoms with Crippen molar-refractivity contribution in [1.82, 2.24) is 4.98 Å². The first-order valence-electron chi connectivity index (χ1n) is 4.01. The molecule has 0 aliphatic heterocycles. The van der Waals surface area contributed by atoms with Crippen molar-refractivity contribution in [2.75, 3.05) is 0 Å². The molecule has 13 heavy (non-hydrogen) atoms. The molecule has 0 aliphatic rings. The first kappa shape index (κ1) is 8.26. The van der Waals surface area contributed by atoms with Crippen LogP contribution in [0.25, 0.3) is 10.2 Å². The number of thiophene rings is 1. The molecule has 0 saturated heterocycles. The number of aromatic nitrogens is 1. The van der Waals surface area contributed by atoms with E-state index in [9.17, 15) is 4.79 Å². The molecular weight excluding hydrogens is 182 g/mol. The van der Waals surface area contributed by atoms with Crippen molar-refractivity contribution in [2.24, 2.45) is 0 Å². The molecule has 2 nitrogen and oxygen atoms in total. The summed E-state index contributed by atoms with van der Waals surface area (Å²) >= 11 is 1.48. The second-order valence-corrected chi connectivity index (χ2v) is 3.72. The van der Waals surface area contributed by atoms with Gasteiger partial charge >= 0.3 is 0 Å². The van der Waals surface area contributed by atoms with Crippen LogP contribution in [0.4, 0.5) is 0 Å². The molecule has 0 aromatic carbocycles. The van der Waals surface area contributed by atoms with Gasteiger partial charge < -0.3 is 4.98 Å². The Hall–Kier alpha value is -1.35. The van der Waals surface area contributed by atoms with Gasteiger partial charge in [-0.2, -0.15) is 0 Å². The minimum absolute atomic E-state index is 0.128. The summed E-state index contributed by atoms with van der Waals surface area (Å²) in [6.45, 7) is 3.62. The summed E-state index contributed by atoms with van der Waals surface area (Å²) in [5.41, 5.74) is 1.83. The van der Waals surface area contributed by atoms with E-state index in [-0.39, 0.29) is 5.43 Å². The highest BCUT2D eigenvalue weighted by Crippen LogP contribution is 2.14. The van der Waals surface area contributed by atoms with Crippen LogP contribution < -0.4 is 5.43 Å². The number of hydrogen-bond donors (Lipinski definition) is 1. The van der Waals surface area contributed by atoms with Crippen LogP contribution in [0.3, 0.4) is 0 Å². The molecule has 2 aromatic heterocycles. The van der Waals surface area contributed by atoms with Gasteiger partial charge in [-0.15, -0.1) is 17.9 Å². The molecule has 0 unspecified atom stereocenters. The summed E-state index contributed by atoms with van der Waals surface area (Å²) in [5.74, 6) is 0. The number of allylic oxidation sites excluding steroid dienone is 1. The minimum Gasteiger partial charge on any atom is -0.360 e. The van der Waals surface area contributed by atoms with Crippen molar-refractivity contribution in [3.05, 3.63) is 46.1 Å². The van der Waals surface area contributed by atoms with Crippen molar-refractivity contribution < 1.29 is 0 Å². The summed E-state index contributed by atoms with van der Waals surface area (Å²) < 4.78 is 0.805. The Morgan fingerprint density at radius 2 is 2.46 bits per heavy atom. The fourth-order valence-electron chi connectivity index (χ4n) is 1.28. The zero-order chi connectivity index (χ0) is 9.26. The number of hydrogen-bond acceptors (Lipinski definition) is 2. The molecule has 0 aliphatic carbocycles. The largest absolute Gasteiger partial charge is 0.360 e. The molecule has 66 valence electrons. The number of H-pyrrole nitrogens is 1. The lowest BCUT2D eigenvalue weighted by atomic mass is 10.2. The van der Waals surface area contributed by atoms with Crippen molar-refractivity contribution in [3.8, 4) is 0 Å². The predicted molar refractivity (Wildman–Crippen MR) is 56.3 cm³/mol. The SMILES string of the molecule is C=CCc1c[nH]c2ccsc2c1=O. The second-order valence-electron chi connectivity index (χ2n) is 2.80. The van der Waals surface area contributed by atoms with E-state index in [0.717, 1.165) is 15.8 Å². The van der Waals surface area contributed by atoms with Crippen LogP contribution in [0.1, 0.15) is 5.56 Å². The van der Waals surface area contributed by atoms with Crippen LogP contribution in [0.5, 0.6) is 0 Å². The van der Waals surface area contributed by atoms with Gasteiger partial charge in [0.15, 0.2) is 0 Å². The van der Waals surface area contributed by atoms with E-state index in [2.05, 4.69) is 11.6 Å². The molecule has 3 heteroatoms. The van der Waals surface area contributed by atoms with Crippen LogP contribution in [0.2, 0.25) is 0 Å². The van der Waals surface area contributed by atoms with Gasteiger partial charge in [-0.3, -0.25) is 4.79 Å². The van der Waals surface area contributed by atoms with Crippen molar-refractivity contribution in [3.63, 3.8) is 0 Å². The summed E-state index contributed by atoms with van der Waals surface area (Å²) in [4.78, 5) is 14.8. The van der Waals surface area contributed by atoms with Gasteiger partial charge in [0.25, 0.3) is 0 Å². The summed E-state index contributed by atoms with van der Waals surface area (Å²) in [7, 11) is 0. The minimum atomic E-state index is 0.128. The third-order valence-corrected chi connectivity index (χ3v) is 2.84. The van der Waals surface area contributed by atoms with E-state index in [1.54, 1.807) is 12.3 Å². The first-order chi connectivity index (χ1) is 6.33. The Bertz CT molecular complexity index is 495. The van der Waals surface area contributed by atoms with Gasteiger partial charge in [-0.25, -0.2) is 0 Å². The standard InChI is InChI=1S/C10H9NOS/c1-2-3-7-6-11-8-4-5-13-10(8)9(7)12/h2,4-6H,1,3H2,(H,11,12). The number of fused-ring (bicyclic) bond motifs is 1.